The van der Waals surface area contributed by atoms with E-state index in [-0.39, 0.29) is 29.7 Å². The Bertz CT molecular complexity index is 1540. The summed E-state index contributed by atoms with van der Waals surface area (Å²) >= 11 is 0. The summed E-state index contributed by atoms with van der Waals surface area (Å²) in [5.74, 6) is -7.47. The van der Waals surface area contributed by atoms with Gasteiger partial charge in [-0.3, -0.25) is 19.2 Å². The molecular weight excluding hydrogens is 612 g/mol. The number of hydrogen-bond donors (Lipinski definition) is 5. The monoisotopic (exact) mass is 646 g/mol. The van der Waals surface area contributed by atoms with Crippen LogP contribution in [0.3, 0.4) is 0 Å². The van der Waals surface area contributed by atoms with Crippen molar-refractivity contribution in [2.24, 2.45) is 0 Å². The van der Waals surface area contributed by atoms with Gasteiger partial charge in [0.25, 0.3) is 5.91 Å². The molecule has 2 aliphatic heterocycles. The minimum atomic E-state index is -1.87. The number of amides is 1. The zero-order chi connectivity index (χ0) is 33.7. The standard InChI is InChI=1S/C30H34N2O14/c1-13(26(38)31-16(27(39)40)11-21(35)36)43-28(41)19(44-14(2)33)12-22(37)45-18-6-7-30(42)20-10-15-4-5-17(34)24-23(15)29(30,25(18)46-24)8-9-32(20)3/h4-6,13,16,19-20,25,34,42H,7-12H2,1-3H3,(H,31,38)(H,35,36)(H,39,40)/t13-,16+,19-,20+,25-,29-,30+/m0/s1. The van der Waals surface area contributed by atoms with Crippen molar-refractivity contribution in [2.45, 2.75) is 87.4 Å². The maximum Gasteiger partial charge on any atom is 0.348 e. The van der Waals surface area contributed by atoms with Gasteiger partial charge in [0.05, 0.1) is 23.9 Å². The van der Waals surface area contributed by atoms with Gasteiger partial charge in [-0.2, -0.15) is 0 Å². The number of piperidine rings is 1. The Labute approximate surface area is 261 Å². The quantitative estimate of drug-likeness (QED) is 0.151. The second-order valence-electron chi connectivity index (χ2n) is 12.0. The number of carbonyl (C=O) groups excluding carboxylic acids is 4. The third-order valence-electron chi connectivity index (χ3n) is 9.16. The van der Waals surface area contributed by atoms with Crippen molar-refractivity contribution in [2.75, 3.05) is 13.6 Å². The zero-order valence-electron chi connectivity index (χ0n) is 25.2. The van der Waals surface area contributed by atoms with Gasteiger partial charge in [-0.15, -0.1) is 0 Å². The zero-order valence-corrected chi connectivity index (χ0v) is 25.2. The maximum atomic E-state index is 13.2. The second kappa shape index (κ2) is 11.9. The minimum absolute atomic E-state index is 0.0438. The van der Waals surface area contributed by atoms with E-state index in [1.165, 1.54) is 12.1 Å². The lowest BCUT2D eigenvalue weighted by atomic mass is 9.50. The number of esters is 3. The van der Waals surface area contributed by atoms with Gasteiger partial charge < -0.3 is 49.6 Å². The van der Waals surface area contributed by atoms with Gasteiger partial charge in [-0.1, -0.05) is 6.07 Å². The van der Waals surface area contributed by atoms with Crippen molar-refractivity contribution in [1.82, 2.24) is 10.2 Å². The van der Waals surface area contributed by atoms with E-state index in [9.17, 15) is 39.0 Å². The Balaban J connectivity index is 1.32. The summed E-state index contributed by atoms with van der Waals surface area (Å²) in [6.07, 6.45) is -3.73. The largest absolute Gasteiger partial charge is 0.504 e. The van der Waals surface area contributed by atoms with Crippen molar-refractivity contribution in [3.05, 3.63) is 35.1 Å². The molecular formula is C30H34N2O14. The van der Waals surface area contributed by atoms with E-state index in [1.807, 2.05) is 12.4 Å². The number of likely N-dealkylation sites (tertiary alicyclic amines) is 1. The van der Waals surface area contributed by atoms with Crippen LogP contribution < -0.4 is 10.1 Å². The number of nitrogens with zero attached hydrogens (tertiary/aromatic N) is 1. The number of nitrogens with one attached hydrogen (secondary N) is 1. The maximum absolute atomic E-state index is 13.2. The molecule has 2 aliphatic carbocycles. The van der Waals surface area contributed by atoms with E-state index in [4.69, 9.17) is 29.2 Å². The van der Waals surface area contributed by atoms with E-state index in [0.29, 0.717) is 24.9 Å². The molecule has 5 rings (SSSR count). The number of aliphatic carboxylic acids is 2. The first kappa shape index (κ1) is 32.7. The SMILES string of the molecule is CC(=O)O[C@@H](CC(=O)OC1=CC[C@@]2(O)[C@H]3Cc4ccc(O)c5c4[C@@]2(CCN3C)[C@H]1O5)C(=O)O[C@@H](C)C(=O)N[C@H](CC(=O)O)C(=O)O. The van der Waals surface area contributed by atoms with E-state index < -0.39 is 84.0 Å². The first-order valence-electron chi connectivity index (χ1n) is 14.6. The molecule has 1 saturated heterocycles. The van der Waals surface area contributed by atoms with Crippen LogP contribution in [0.2, 0.25) is 0 Å². The first-order chi connectivity index (χ1) is 21.6. The highest BCUT2D eigenvalue weighted by atomic mass is 16.6. The fraction of sp³-hybridized carbons (Fsp3) is 0.533. The number of aromatic hydroxyl groups is 1. The Morgan fingerprint density at radius 1 is 1.13 bits per heavy atom. The van der Waals surface area contributed by atoms with Crippen molar-refractivity contribution < 1.29 is 68.1 Å². The van der Waals surface area contributed by atoms with Crippen molar-refractivity contribution >= 4 is 35.8 Å². The molecule has 1 aromatic rings. The summed E-state index contributed by atoms with van der Waals surface area (Å²) in [4.78, 5) is 74.5. The number of benzene rings is 1. The Morgan fingerprint density at radius 3 is 2.50 bits per heavy atom. The molecule has 1 spiro atoms. The van der Waals surface area contributed by atoms with Gasteiger partial charge in [0.15, 0.2) is 23.7 Å². The third kappa shape index (κ3) is 5.40. The highest BCUT2D eigenvalue weighted by Gasteiger charge is 2.72. The molecule has 1 amide bonds. The number of carboxylic acids is 2. The van der Waals surface area contributed by atoms with Gasteiger partial charge >= 0.3 is 29.8 Å². The Morgan fingerprint density at radius 2 is 1.85 bits per heavy atom. The van der Waals surface area contributed by atoms with Crippen LogP contribution in [0.1, 0.15) is 50.7 Å². The molecule has 0 aromatic heterocycles. The fourth-order valence-electron chi connectivity index (χ4n) is 7.10. The lowest BCUT2D eigenvalue weighted by Gasteiger charge is -2.61. The van der Waals surface area contributed by atoms with Crippen LogP contribution in [-0.2, 0) is 54.8 Å². The van der Waals surface area contributed by atoms with Crippen LogP contribution in [0.25, 0.3) is 0 Å². The molecule has 0 unspecified atom stereocenters. The smallest absolute Gasteiger partial charge is 0.348 e. The van der Waals surface area contributed by atoms with Crippen LogP contribution in [0.15, 0.2) is 24.0 Å². The number of likely N-dealkylation sites (N-methyl/N-ethyl adjacent to an activating group) is 1. The average molecular weight is 647 g/mol. The predicted octanol–water partition coefficient (Wildman–Crippen LogP) is -0.489. The van der Waals surface area contributed by atoms with Crippen LogP contribution in [0.4, 0.5) is 0 Å². The molecule has 2 bridgehead atoms. The topological polar surface area (TPSA) is 236 Å². The first-order valence-corrected chi connectivity index (χ1v) is 14.6. The van der Waals surface area contributed by atoms with Gasteiger partial charge in [0, 0.05) is 24.9 Å². The molecule has 248 valence electrons. The minimum Gasteiger partial charge on any atom is -0.504 e. The lowest BCUT2D eigenvalue weighted by molar-refractivity contribution is -0.177. The Hall–Kier alpha value is -4.70. The highest BCUT2D eigenvalue weighted by Crippen LogP contribution is 2.65. The third-order valence-corrected chi connectivity index (χ3v) is 9.16. The van der Waals surface area contributed by atoms with Crippen LogP contribution >= 0.6 is 0 Å². The molecule has 4 aliphatic rings. The molecule has 16 heteroatoms. The van der Waals surface area contributed by atoms with E-state index in [1.54, 1.807) is 6.07 Å². The van der Waals surface area contributed by atoms with Gasteiger partial charge in [0.1, 0.15) is 11.8 Å². The number of ether oxygens (including phenoxy) is 4. The molecule has 2 heterocycles. The molecule has 7 atom stereocenters. The van der Waals surface area contributed by atoms with Gasteiger partial charge in [-0.25, -0.2) is 9.59 Å². The van der Waals surface area contributed by atoms with Crippen molar-refractivity contribution in [1.29, 1.82) is 0 Å². The number of rotatable bonds is 11. The summed E-state index contributed by atoms with van der Waals surface area (Å²) in [5.41, 5.74) is -0.773. The molecule has 0 radical (unpaired) electrons. The van der Waals surface area contributed by atoms with Crippen molar-refractivity contribution in [3.63, 3.8) is 0 Å². The fourth-order valence-corrected chi connectivity index (χ4v) is 7.10. The summed E-state index contributed by atoms with van der Waals surface area (Å²) in [5, 5.41) is 42.8. The molecule has 1 fully saturated rings. The van der Waals surface area contributed by atoms with Gasteiger partial charge in [-0.05, 0) is 51.1 Å². The van der Waals surface area contributed by atoms with E-state index >= 15 is 0 Å². The Kier molecular flexibility index (Phi) is 8.46. The molecule has 0 saturated carbocycles. The number of phenolic OH excluding ortho intramolecular Hbond substituents is 1. The van der Waals surface area contributed by atoms with Crippen LogP contribution in [0.5, 0.6) is 11.5 Å². The highest BCUT2D eigenvalue weighted by molar-refractivity contribution is 5.91. The van der Waals surface area contributed by atoms with Crippen LogP contribution in [0, 0.1) is 0 Å². The van der Waals surface area contributed by atoms with E-state index in [0.717, 1.165) is 19.4 Å². The summed E-state index contributed by atoms with van der Waals surface area (Å²) in [7, 11) is 1.92. The number of carboxylic acid groups (broad SMARTS) is 2. The number of phenols is 1. The number of carbonyl (C=O) groups is 6. The van der Waals surface area contributed by atoms with E-state index in [2.05, 4.69) is 4.90 Å². The number of aliphatic hydroxyl groups is 1. The normalized spacial score (nSPS) is 27.4. The summed E-state index contributed by atoms with van der Waals surface area (Å²) in [6, 6.07) is 1.22. The molecule has 5 N–H and O–H groups in total. The van der Waals surface area contributed by atoms with Crippen molar-refractivity contribution in [3.8, 4) is 11.5 Å². The molecule has 1 aromatic carbocycles. The van der Waals surface area contributed by atoms with Gasteiger partial charge in [0.2, 0.25) is 6.10 Å². The van der Waals surface area contributed by atoms with Crippen LogP contribution in [-0.4, -0.2) is 111 Å². The molecule has 46 heavy (non-hydrogen) atoms. The summed E-state index contributed by atoms with van der Waals surface area (Å²) in [6.45, 7) is 2.64. The molecule has 16 nitrogen and oxygen atoms in total. The number of hydrogen-bond acceptors (Lipinski definition) is 13. The lowest BCUT2D eigenvalue weighted by Crippen LogP contribution is -2.74. The predicted molar refractivity (Wildman–Crippen MR) is 150 cm³/mol. The summed E-state index contributed by atoms with van der Waals surface area (Å²) < 4.78 is 21.9. The average Bonchev–Trinajstić information content (AvgIpc) is 3.32. The second-order valence-corrected chi connectivity index (χ2v) is 12.0.